The quantitative estimate of drug-likeness (QED) is 0.264. The van der Waals surface area contributed by atoms with Crippen molar-refractivity contribution < 1.29 is 22.7 Å². The van der Waals surface area contributed by atoms with Gasteiger partial charge >= 0.3 is 5.97 Å². The molecule has 0 bridgehead atoms. The van der Waals surface area contributed by atoms with E-state index in [0.29, 0.717) is 16.8 Å². The summed E-state index contributed by atoms with van der Waals surface area (Å²) >= 11 is 0. The molecule has 0 radical (unpaired) electrons. The average molecular weight is 521 g/mol. The zero-order chi connectivity index (χ0) is 26.6. The maximum absolute atomic E-state index is 13.5. The van der Waals surface area contributed by atoms with E-state index in [2.05, 4.69) is 5.10 Å². The van der Waals surface area contributed by atoms with Gasteiger partial charge in [0.05, 0.1) is 29.4 Å². The molecule has 3 aromatic rings. The first kappa shape index (κ1) is 26.3. The van der Waals surface area contributed by atoms with Crippen molar-refractivity contribution in [1.82, 2.24) is 14.1 Å². The molecule has 0 unspecified atom stereocenters. The SMILES string of the molecule is CCOC(=O)/C(C#N)=C/c1cn(-c2ccccc2)nc1-c1cccc(S(=O)(=O)N2C[C@H](C)O[C@@H](C)C2)c1. The van der Waals surface area contributed by atoms with Crippen LogP contribution in [0.25, 0.3) is 23.0 Å². The number of sulfonamides is 1. The summed E-state index contributed by atoms with van der Waals surface area (Å²) in [6, 6.07) is 17.7. The second kappa shape index (κ2) is 11.1. The van der Waals surface area contributed by atoms with Gasteiger partial charge in [0.2, 0.25) is 10.0 Å². The number of nitriles is 1. The monoisotopic (exact) mass is 520 g/mol. The fraction of sp³-hybridized carbons (Fsp3) is 0.296. The lowest BCUT2D eigenvalue weighted by Gasteiger charge is -2.34. The molecule has 1 aromatic heterocycles. The second-order valence-electron chi connectivity index (χ2n) is 8.71. The molecule has 2 atom stereocenters. The highest BCUT2D eigenvalue weighted by molar-refractivity contribution is 7.89. The van der Waals surface area contributed by atoms with Crippen molar-refractivity contribution in [3.8, 4) is 23.0 Å². The molecule has 0 aliphatic carbocycles. The van der Waals surface area contributed by atoms with E-state index in [-0.39, 0.29) is 42.4 Å². The number of hydrogen-bond acceptors (Lipinski definition) is 7. The summed E-state index contributed by atoms with van der Waals surface area (Å²) in [7, 11) is -3.79. The molecule has 37 heavy (non-hydrogen) atoms. The summed E-state index contributed by atoms with van der Waals surface area (Å²) in [6.07, 6.45) is 2.67. The van der Waals surface area contributed by atoms with E-state index in [1.165, 1.54) is 10.4 Å². The lowest BCUT2D eigenvalue weighted by Crippen LogP contribution is -2.48. The molecule has 4 rings (SSSR count). The summed E-state index contributed by atoms with van der Waals surface area (Å²) in [6.45, 7) is 6.01. The largest absolute Gasteiger partial charge is 0.462 e. The van der Waals surface area contributed by atoms with Crippen molar-refractivity contribution >= 4 is 22.1 Å². The lowest BCUT2D eigenvalue weighted by atomic mass is 10.1. The average Bonchev–Trinajstić information content (AvgIpc) is 3.31. The minimum atomic E-state index is -3.79. The Hall–Kier alpha value is -3.78. The van der Waals surface area contributed by atoms with Crippen LogP contribution in [-0.4, -0.2) is 60.4 Å². The first-order valence-electron chi connectivity index (χ1n) is 11.9. The number of rotatable bonds is 7. The zero-order valence-corrected chi connectivity index (χ0v) is 21.7. The van der Waals surface area contributed by atoms with Gasteiger partial charge in [-0.1, -0.05) is 30.3 Å². The number of para-hydroxylation sites is 1. The maximum Gasteiger partial charge on any atom is 0.348 e. The van der Waals surface area contributed by atoms with E-state index in [4.69, 9.17) is 9.47 Å². The zero-order valence-electron chi connectivity index (χ0n) is 20.9. The molecule has 1 aliphatic heterocycles. The fourth-order valence-electron chi connectivity index (χ4n) is 4.21. The van der Waals surface area contributed by atoms with E-state index >= 15 is 0 Å². The number of nitrogens with zero attached hydrogens (tertiary/aromatic N) is 4. The molecule has 1 aliphatic rings. The molecular formula is C27H28N4O5S. The molecule has 2 heterocycles. The van der Waals surface area contributed by atoms with E-state index in [0.717, 1.165) is 5.69 Å². The molecule has 0 spiro atoms. The smallest absolute Gasteiger partial charge is 0.348 e. The number of hydrogen-bond donors (Lipinski definition) is 0. The Bertz CT molecular complexity index is 1450. The maximum atomic E-state index is 13.5. The van der Waals surface area contributed by atoms with Gasteiger partial charge in [-0.05, 0) is 51.1 Å². The summed E-state index contributed by atoms with van der Waals surface area (Å²) in [5.74, 6) is -0.740. The minimum absolute atomic E-state index is 0.126. The van der Waals surface area contributed by atoms with Gasteiger partial charge in [0.15, 0.2) is 0 Å². The lowest BCUT2D eigenvalue weighted by molar-refractivity contribution is -0.137. The third kappa shape index (κ3) is 5.80. The minimum Gasteiger partial charge on any atom is -0.462 e. The summed E-state index contributed by atoms with van der Waals surface area (Å²) in [5, 5.41) is 14.3. The van der Waals surface area contributed by atoms with Crippen molar-refractivity contribution in [2.45, 2.75) is 37.9 Å². The standard InChI is InChI=1S/C27H28N4O5S/c1-4-35-27(32)22(15-28)13-23-18-31(24-10-6-5-7-11-24)29-26(23)21-9-8-12-25(14-21)37(33,34)30-16-19(2)36-20(3)17-30/h5-14,18-20H,4,16-17H2,1-3H3/b22-13+/t19-,20-/m0/s1. The van der Waals surface area contributed by atoms with Crippen LogP contribution in [0.1, 0.15) is 26.3 Å². The van der Waals surface area contributed by atoms with Gasteiger partial charge in [0.1, 0.15) is 17.3 Å². The van der Waals surface area contributed by atoms with Crippen molar-refractivity contribution in [1.29, 1.82) is 5.26 Å². The van der Waals surface area contributed by atoms with Crippen LogP contribution in [0, 0.1) is 11.3 Å². The van der Waals surface area contributed by atoms with Crippen LogP contribution in [0.3, 0.4) is 0 Å². The van der Waals surface area contributed by atoms with Gasteiger partial charge in [-0.25, -0.2) is 17.9 Å². The van der Waals surface area contributed by atoms with Crippen molar-refractivity contribution in [3.05, 3.63) is 71.9 Å². The van der Waals surface area contributed by atoms with Crippen LogP contribution in [0.15, 0.2) is 71.3 Å². The Morgan fingerprint density at radius 1 is 1.16 bits per heavy atom. The molecule has 1 fully saturated rings. The Morgan fingerprint density at radius 2 is 1.86 bits per heavy atom. The van der Waals surface area contributed by atoms with Gasteiger partial charge < -0.3 is 9.47 Å². The molecule has 10 heteroatoms. The van der Waals surface area contributed by atoms with Gasteiger partial charge in [0.25, 0.3) is 0 Å². The first-order valence-corrected chi connectivity index (χ1v) is 13.4. The van der Waals surface area contributed by atoms with Crippen LogP contribution in [0.5, 0.6) is 0 Å². The Morgan fingerprint density at radius 3 is 2.51 bits per heavy atom. The molecule has 0 saturated carbocycles. The van der Waals surface area contributed by atoms with Crippen LogP contribution in [0.4, 0.5) is 0 Å². The van der Waals surface area contributed by atoms with Gasteiger partial charge in [-0.3, -0.25) is 0 Å². The molecule has 9 nitrogen and oxygen atoms in total. The van der Waals surface area contributed by atoms with Crippen LogP contribution in [0.2, 0.25) is 0 Å². The third-order valence-corrected chi connectivity index (χ3v) is 7.64. The van der Waals surface area contributed by atoms with Crippen LogP contribution < -0.4 is 0 Å². The number of carbonyl (C=O) groups excluding carboxylic acids is 1. The Balaban J connectivity index is 1.81. The molecular weight excluding hydrogens is 492 g/mol. The summed E-state index contributed by atoms with van der Waals surface area (Å²) in [4.78, 5) is 12.4. The highest BCUT2D eigenvalue weighted by Gasteiger charge is 2.32. The molecule has 1 saturated heterocycles. The molecule has 0 amide bonds. The second-order valence-corrected chi connectivity index (χ2v) is 10.6. The van der Waals surface area contributed by atoms with E-state index in [1.807, 2.05) is 50.2 Å². The van der Waals surface area contributed by atoms with Gasteiger partial charge in [-0.15, -0.1) is 0 Å². The molecule has 192 valence electrons. The van der Waals surface area contributed by atoms with E-state index < -0.39 is 16.0 Å². The first-order chi connectivity index (χ1) is 17.7. The van der Waals surface area contributed by atoms with Crippen molar-refractivity contribution in [3.63, 3.8) is 0 Å². The number of carbonyl (C=O) groups is 1. The predicted octanol–water partition coefficient (Wildman–Crippen LogP) is 3.81. The number of benzene rings is 2. The highest BCUT2D eigenvalue weighted by atomic mass is 32.2. The summed E-state index contributed by atoms with van der Waals surface area (Å²) < 4.78 is 40.7. The van der Waals surface area contributed by atoms with Crippen molar-refractivity contribution in [2.75, 3.05) is 19.7 Å². The normalized spacial score (nSPS) is 18.8. The Labute approximate surface area is 216 Å². The number of ether oxygens (including phenoxy) is 2. The fourth-order valence-corrected chi connectivity index (χ4v) is 5.85. The predicted molar refractivity (Wildman–Crippen MR) is 138 cm³/mol. The highest BCUT2D eigenvalue weighted by Crippen LogP contribution is 2.29. The summed E-state index contributed by atoms with van der Waals surface area (Å²) in [5.41, 5.74) is 1.99. The van der Waals surface area contributed by atoms with Gasteiger partial charge in [0, 0.05) is 30.4 Å². The topological polar surface area (TPSA) is 115 Å². The van der Waals surface area contributed by atoms with E-state index in [9.17, 15) is 18.5 Å². The third-order valence-electron chi connectivity index (χ3n) is 5.81. The van der Waals surface area contributed by atoms with Crippen LogP contribution >= 0.6 is 0 Å². The number of aromatic nitrogens is 2. The van der Waals surface area contributed by atoms with Gasteiger partial charge in [-0.2, -0.15) is 14.7 Å². The van der Waals surface area contributed by atoms with E-state index in [1.54, 1.807) is 42.1 Å². The molecule has 0 N–H and O–H groups in total. The molecule has 2 aromatic carbocycles. The number of esters is 1. The van der Waals surface area contributed by atoms with Crippen molar-refractivity contribution in [2.24, 2.45) is 0 Å². The van der Waals surface area contributed by atoms with Crippen LogP contribution in [-0.2, 0) is 24.3 Å². The number of morpholine rings is 1. The Kier molecular flexibility index (Phi) is 7.88.